The van der Waals surface area contributed by atoms with Crippen molar-refractivity contribution in [1.82, 2.24) is 14.9 Å². The van der Waals surface area contributed by atoms with Gasteiger partial charge in [0.2, 0.25) is 12.0 Å². The summed E-state index contributed by atoms with van der Waals surface area (Å²) in [6.07, 6.45) is -4.36. The first-order valence-corrected chi connectivity index (χ1v) is 35.5. The maximum Gasteiger partial charge on any atom is 0.501 e. The number of aryl methyl sites for hydroxylation is 1. The molecule has 5 heterocycles. The molecule has 5 N–H and O–H groups in total. The number of aliphatic hydroxyl groups excluding tert-OH is 4. The van der Waals surface area contributed by atoms with Gasteiger partial charge in [-0.3, -0.25) is 14.4 Å². The minimum absolute atomic E-state index is 0.0382. The monoisotopic (exact) mass is 1440 g/mol. The van der Waals surface area contributed by atoms with Crippen LogP contribution in [0.3, 0.4) is 0 Å². The van der Waals surface area contributed by atoms with Crippen LogP contribution in [0.15, 0.2) is 120 Å². The number of nitrogens with one attached hydrogen (secondary N) is 1. The van der Waals surface area contributed by atoms with E-state index in [0.717, 1.165) is 23.3 Å². The van der Waals surface area contributed by atoms with Crippen LogP contribution in [0.5, 0.6) is 57.5 Å². The number of pyridine rings is 2. The second kappa shape index (κ2) is 29.4. The molecule has 28 nitrogen and oxygen atoms in total. The Bertz CT molecular complexity index is 4900. The second-order valence-corrected chi connectivity index (χ2v) is 27.4. The van der Waals surface area contributed by atoms with Crippen molar-refractivity contribution < 1.29 is 110 Å². The van der Waals surface area contributed by atoms with Gasteiger partial charge >= 0.3 is 36.6 Å². The maximum atomic E-state index is 14.4. The zero-order valence-electron chi connectivity index (χ0n) is 54.7. The summed E-state index contributed by atoms with van der Waals surface area (Å²) in [5, 5.41) is 43.9. The minimum atomic E-state index is -5.10. The van der Waals surface area contributed by atoms with Gasteiger partial charge in [0.05, 0.1) is 70.0 Å². The Morgan fingerprint density at radius 1 is 0.660 bits per heavy atom. The van der Waals surface area contributed by atoms with Gasteiger partial charge in [0.1, 0.15) is 66.4 Å². The van der Waals surface area contributed by atoms with Gasteiger partial charge in [0, 0.05) is 29.1 Å². The fourth-order valence-corrected chi connectivity index (χ4v) is 14.7. The average Bonchev–Trinajstić information content (AvgIpc) is 1.55. The molecule has 11 rings (SSSR count). The first kappa shape index (κ1) is 71.3. The molecule has 0 unspecified atom stereocenters. The lowest BCUT2D eigenvalue weighted by Gasteiger charge is -2.39. The zero-order valence-corrected chi connectivity index (χ0v) is 57.2. The van der Waals surface area contributed by atoms with E-state index < -0.39 is 109 Å². The van der Waals surface area contributed by atoms with Crippen LogP contribution in [0.4, 0.5) is 0 Å². The number of ether oxygens (including phenoxy) is 8. The quantitative estimate of drug-likeness (QED) is 0.0212. The van der Waals surface area contributed by atoms with Gasteiger partial charge in [0.25, 0.3) is 11.5 Å². The molecule has 6 atom stereocenters. The highest BCUT2D eigenvalue weighted by molar-refractivity contribution is 7.86. The van der Waals surface area contributed by atoms with Gasteiger partial charge in [-0.15, -0.1) is 8.42 Å². The number of methoxy groups -OCH3 is 4. The maximum absolute atomic E-state index is 14.4. The summed E-state index contributed by atoms with van der Waals surface area (Å²) in [6, 6.07) is 27.2. The predicted octanol–water partition coefficient (Wildman–Crippen LogP) is 6.38. The van der Waals surface area contributed by atoms with E-state index in [1.165, 1.54) is 108 Å². The van der Waals surface area contributed by atoms with E-state index >= 15 is 0 Å². The Hall–Kier alpha value is -9.99. The van der Waals surface area contributed by atoms with E-state index in [9.17, 15) is 60.1 Å². The highest BCUT2D eigenvalue weighted by Crippen LogP contribution is 2.43. The molecule has 3 aliphatic heterocycles. The standard InChI is InChI=1S/C69H69N3O25S3/c1-8-45-48-29-44(19-20-51(48)71-61-49(45)31-72-52(61)30-47-46(9-2)68(79)91-34-50(47)67(72)78)94-99(82,83)36-42-24-40(35-98(80,81)96-56-25-37(14-22-54(56)86-4)10-11-39-26-58(87-5)65(89-7)59(27-39)88-6)15-21-53(42)90-33-38-12-17-43(18-13-38)95-100(84,85)97-57-28-41(66(77)70-3)16-23-55(57)92-69-64(76)63(75)62(74)60(32-73)93-69/h10-30,46,60,62-64,69,73-76H,8-9,31-36H2,1-7H3,(H,70,77)/b11-10-/t46-,60+,62-,63-,64+,69+/m0/s1. The van der Waals surface area contributed by atoms with Gasteiger partial charge in [-0.2, -0.15) is 16.8 Å². The number of aromatic nitrogens is 2. The van der Waals surface area contributed by atoms with E-state index in [1.807, 2.05) is 19.9 Å². The van der Waals surface area contributed by atoms with Crippen LogP contribution < -0.4 is 56.0 Å². The van der Waals surface area contributed by atoms with Crippen LogP contribution in [0, 0.1) is 0 Å². The lowest BCUT2D eigenvalue weighted by molar-refractivity contribution is -0.277. The molecule has 1 saturated heterocycles. The van der Waals surface area contributed by atoms with E-state index in [1.54, 1.807) is 41.0 Å². The number of carbonyl (C=O) groups excluding carboxylic acids is 2. The van der Waals surface area contributed by atoms with Crippen molar-refractivity contribution in [2.24, 2.45) is 0 Å². The Kier molecular flexibility index (Phi) is 21.0. The minimum Gasteiger partial charge on any atom is -0.493 e. The highest BCUT2D eigenvalue weighted by Gasteiger charge is 2.45. The summed E-state index contributed by atoms with van der Waals surface area (Å²) >= 11 is 0. The number of carbonyl (C=O) groups is 2. The number of hydrogen-bond acceptors (Lipinski definition) is 26. The van der Waals surface area contributed by atoms with Crippen molar-refractivity contribution in [3.8, 4) is 68.9 Å². The van der Waals surface area contributed by atoms with Crippen LogP contribution in [0.25, 0.3) is 34.4 Å². The molecule has 2 aromatic heterocycles. The highest BCUT2D eigenvalue weighted by atomic mass is 32.3. The van der Waals surface area contributed by atoms with Crippen LogP contribution in [0.2, 0.25) is 0 Å². The lowest BCUT2D eigenvalue weighted by atomic mass is 9.90. The number of esters is 1. The smallest absolute Gasteiger partial charge is 0.493 e. The molecular formula is C69H69N3O25S3. The number of rotatable bonds is 27. The number of hydrogen-bond donors (Lipinski definition) is 5. The number of benzene rings is 6. The Morgan fingerprint density at radius 2 is 1.32 bits per heavy atom. The summed E-state index contributed by atoms with van der Waals surface area (Å²) in [7, 11) is -7.23. The summed E-state index contributed by atoms with van der Waals surface area (Å²) in [4.78, 5) is 44.3. The van der Waals surface area contributed by atoms with Gasteiger partial charge in [-0.05, 0) is 137 Å². The SMILES string of the molecule is CCc1c2c(nc3ccc(OS(=O)(=O)Cc4cc(CS(=O)(=O)Oc5cc(/C=C\c6cc(OC)c(OC)c(OC)c6)ccc5OC)ccc4OCc4ccc(OS(=O)(=O)Oc5cc(C(=O)NC)ccc5O[C@@H]5O[C@H](CO)[C@H](O)[C@H](O)[C@H]5O)cc4)cc13)-c1cc3c(c(=O)n1C2)COC(=O)[C@H]3CC. The predicted molar refractivity (Wildman–Crippen MR) is 359 cm³/mol. The van der Waals surface area contributed by atoms with Crippen LogP contribution in [-0.4, -0.2) is 140 Å². The van der Waals surface area contributed by atoms with Crippen molar-refractivity contribution >= 4 is 65.6 Å². The summed E-state index contributed by atoms with van der Waals surface area (Å²) in [6.45, 7) is 2.68. The molecule has 0 saturated carbocycles. The van der Waals surface area contributed by atoms with Crippen LogP contribution in [0.1, 0.15) is 86.6 Å². The van der Waals surface area contributed by atoms with Gasteiger partial charge in [-0.1, -0.05) is 50.3 Å². The molecule has 0 bridgehead atoms. The molecule has 0 radical (unpaired) electrons. The number of amides is 1. The molecule has 100 heavy (non-hydrogen) atoms. The molecule has 1 fully saturated rings. The third kappa shape index (κ3) is 15.3. The molecule has 8 aromatic rings. The zero-order chi connectivity index (χ0) is 71.5. The Morgan fingerprint density at radius 3 is 2.00 bits per heavy atom. The van der Waals surface area contributed by atoms with Crippen LogP contribution >= 0.6 is 0 Å². The molecule has 0 aliphatic carbocycles. The fourth-order valence-electron chi connectivity index (χ4n) is 11.9. The molecule has 0 spiro atoms. The van der Waals surface area contributed by atoms with Crippen molar-refractivity contribution in [2.75, 3.05) is 42.1 Å². The summed E-state index contributed by atoms with van der Waals surface area (Å²) < 4.78 is 152. The lowest BCUT2D eigenvalue weighted by Crippen LogP contribution is -2.60. The first-order valence-electron chi connectivity index (χ1n) is 31.0. The number of cyclic esters (lactones) is 1. The van der Waals surface area contributed by atoms with E-state index in [2.05, 4.69) is 5.32 Å². The molecule has 3 aliphatic rings. The van der Waals surface area contributed by atoms with Crippen molar-refractivity contribution in [2.45, 2.75) is 94.6 Å². The van der Waals surface area contributed by atoms with Crippen molar-refractivity contribution in [3.05, 3.63) is 181 Å². The fraction of sp³-hybridized carbons (Fsp3) is 0.304. The Balaban J connectivity index is 0.848. The van der Waals surface area contributed by atoms with E-state index in [4.69, 9.17) is 59.6 Å². The van der Waals surface area contributed by atoms with Crippen molar-refractivity contribution in [1.29, 1.82) is 0 Å². The molecule has 1 amide bonds. The van der Waals surface area contributed by atoms with E-state index in [0.29, 0.717) is 80.2 Å². The van der Waals surface area contributed by atoms with E-state index in [-0.39, 0.29) is 70.8 Å². The normalized spacial score (nSPS) is 18.1. The number of fused-ring (bicyclic) bond motifs is 5. The van der Waals surface area contributed by atoms with Crippen molar-refractivity contribution in [3.63, 3.8) is 0 Å². The second-order valence-electron chi connectivity index (χ2n) is 23.2. The molecular weight excluding hydrogens is 1370 g/mol. The van der Waals surface area contributed by atoms with Gasteiger partial charge in [0.15, 0.2) is 34.5 Å². The summed E-state index contributed by atoms with van der Waals surface area (Å²) in [5.74, 6) is -3.74. The third-order valence-corrected chi connectivity index (χ3v) is 19.8. The number of aliphatic hydroxyl groups is 4. The molecule has 31 heteroatoms. The Labute approximate surface area is 574 Å². The largest absolute Gasteiger partial charge is 0.501 e. The summed E-state index contributed by atoms with van der Waals surface area (Å²) in [5.41, 5.74) is 5.26. The number of nitrogens with zero attached hydrogens (tertiary/aromatic N) is 2. The topological polar surface area (TPSA) is 375 Å². The first-order chi connectivity index (χ1) is 47.8. The van der Waals surface area contributed by atoms with Gasteiger partial charge < -0.3 is 84.9 Å². The average molecular weight is 1440 g/mol. The van der Waals surface area contributed by atoms with Gasteiger partial charge in [-0.25, -0.2) is 4.98 Å². The third-order valence-electron chi connectivity index (χ3n) is 16.8. The molecule has 6 aromatic carbocycles. The van der Waals surface area contributed by atoms with Crippen LogP contribution in [-0.2, 0) is 82.6 Å². The molecule has 528 valence electrons.